The van der Waals surface area contributed by atoms with Crippen molar-refractivity contribution in [2.75, 3.05) is 5.75 Å². The number of aliphatic hydroxyl groups excluding tert-OH is 1. The summed E-state index contributed by atoms with van der Waals surface area (Å²) >= 11 is 1.55. The molecule has 4 aliphatic carbocycles. The van der Waals surface area contributed by atoms with Crippen molar-refractivity contribution >= 4 is 17.8 Å². The number of carbonyl (C=O) groups excluding carboxylic acids is 1. The Labute approximate surface area is 285 Å². The maximum absolute atomic E-state index is 13.0. The van der Waals surface area contributed by atoms with Crippen LogP contribution in [0.5, 0.6) is 0 Å². The van der Waals surface area contributed by atoms with E-state index in [4.69, 9.17) is 9.47 Å². The summed E-state index contributed by atoms with van der Waals surface area (Å²) in [5.41, 5.74) is 4.73. The molecule has 5 fully saturated rings. The average molecular weight is 667 g/mol. The van der Waals surface area contributed by atoms with Crippen LogP contribution >= 0.6 is 11.8 Å². The topological polar surface area (TPSA) is 123 Å². The van der Waals surface area contributed by atoms with Crippen LogP contribution in [0, 0.1) is 17.8 Å². The fourth-order valence-electron chi connectivity index (χ4n) is 8.71. The van der Waals surface area contributed by atoms with Gasteiger partial charge in [0.25, 0.3) is 0 Å². The van der Waals surface area contributed by atoms with Crippen molar-refractivity contribution in [3.05, 3.63) is 101 Å². The minimum absolute atomic E-state index is 0.00191. The van der Waals surface area contributed by atoms with Crippen LogP contribution in [0.3, 0.4) is 0 Å². The summed E-state index contributed by atoms with van der Waals surface area (Å²) in [6, 6.07) is 25.8. The van der Waals surface area contributed by atoms with E-state index in [2.05, 4.69) is 26.2 Å². The number of tetrazole rings is 1. The fourth-order valence-corrected chi connectivity index (χ4v) is 9.62. The summed E-state index contributed by atoms with van der Waals surface area (Å²) in [6.07, 6.45) is 7.24. The highest BCUT2D eigenvalue weighted by molar-refractivity contribution is 7.99. The maximum atomic E-state index is 13.0. The summed E-state index contributed by atoms with van der Waals surface area (Å²) in [6.45, 7) is 0.457. The van der Waals surface area contributed by atoms with E-state index in [0.29, 0.717) is 23.9 Å². The Morgan fingerprint density at radius 3 is 2.21 bits per heavy atom. The molecule has 9 rings (SSSR count). The molecule has 3 N–H and O–H groups in total. The summed E-state index contributed by atoms with van der Waals surface area (Å²) in [5, 5.41) is 29.1. The van der Waals surface area contributed by atoms with E-state index >= 15 is 0 Å². The summed E-state index contributed by atoms with van der Waals surface area (Å²) in [7, 11) is 0. The highest BCUT2D eigenvalue weighted by atomic mass is 32.2. The number of aromatic nitrogens is 4. The van der Waals surface area contributed by atoms with E-state index in [1.54, 1.807) is 16.4 Å². The molecule has 0 spiro atoms. The van der Waals surface area contributed by atoms with Crippen LogP contribution in [0.4, 0.5) is 4.79 Å². The van der Waals surface area contributed by atoms with Crippen LogP contribution in [0.1, 0.15) is 79.6 Å². The molecular weight excluding hydrogens is 625 g/mol. The van der Waals surface area contributed by atoms with Gasteiger partial charge in [-0.25, -0.2) is 4.79 Å². The third-order valence-corrected chi connectivity index (χ3v) is 11.6. The van der Waals surface area contributed by atoms with E-state index in [-0.39, 0.29) is 30.4 Å². The average Bonchev–Trinajstić information content (AvgIpc) is 3.58. The molecular formula is C37H42N6O4S. The first kappa shape index (κ1) is 31.5. The molecule has 0 radical (unpaired) electrons. The van der Waals surface area contributed by atoms with Gasteiger partial charge in [0.2, 0.25) is 5.16 Å². The number of hydrogen-bond donors (Lipinski definition) is 3. The van der Waals surface area contributed by atoms with Crippen LogP contribution in [0.15, 0.2) is 84.0 Å². The molecule has 2 amide bonds. The summed E-state index contributed by atoms with van der Waals surface area (Å²) < 4.78 is 14.8. The van der Waals surface area contributed by atoms with Crippen molar-refractivity contribution < 1.29 is 19.4 Å². The van der Waals surface area contributed by atoms with Crippen molar-refractivity contribution in [2.24, 2.45) is 17.8 Å². The Morgan fingerprint density at radius 1 is 0.854 bits per heavy atom. The zero-order chi connectivity index (χ0) is 32.5. The maximum Gasteiger partial charge on any atom is 0.315 e. The molecule has 4 bridgehead atoms. The quantitative estimate of drug-likeness (QED) is 0.170. The number of aliphatic hydroxyl groups is 1. The van der Waals surface area contributed by atoms with Crippen molar-refractivity contribution in [2.45, 2.75) is 87.3 Å². The smallest absolute Gasteiger partial charge is 0.315 e. The molecule has 2 heterocycles. The van der Waals surface area contributed by atoms with Gasteiger partial charge in [0.1, 0.15) is 0 Å². The van der Waals surface area contributed by atoms with Gasteiger partial charge in [0.05, 0.1) is 24.5 Å². The lowest BCUT2D eigenvalue weighted by Crippen LogP contribution is -2.61. The van der Waals surface area contributed by atoms with Gasteiger partial charge in [-0.05, 0) is 95.5 Å². The minimum Gasteiger partial charge on any atom is -0.392 e. The predicted molar refractivity (Wildman–Crippen MR) is 181 cm³/mol. The standard InChI is InChI=1S/C37H42N6O4S/c44-22-25-8-10-29(11-9-25)33-17-32(23-48-36-40-41-42-43(36)31-4-2-1-3-5-31)46-34(47-33)30-12-6-24(7-13-30)21-38-35(45)39-37-18-26-14-27(19-37)16-28(15-26)20-37/h1-13,26-28,32-34,44H,14-23H2,(H2,38,39,45). The van der Waals surface area contributed by atoms with Crippen LogP contribution in [-0.4, -0.2) is 48.7 Å². The van der Waals surface area contributed by atoms with Crippen molar-refractivity contribution in [3.63, 3.8) is 0 Å². The van der Waals surface area contributed by atoms with E-state index in [9.17, 15) is 9.90 Å². The van der Waals surface area contributed by atoms with Gasteiger partial charge >= 0.3 is 6.03 Å². The van der Waals surface area contributed by atoms with Gasteiger partial charge in [-0.3, -0.25) is 0 Å². The molecule has 250 valence electrons. The molecule has 10 nitrogen and oxygen atoms in total. The molecule has 4 saturated carbocycles. The number of para-hydroxylation sites is 1. The molecule has 3 atom stereocenters. The molecule has 48 heavy (non-hydrogen) atoms. The van der Waals surface area contributed by atoms with E-state index in [0.717, 1.165) is 65.0 Å². The summed E-state index contributed by atoms with van der Waals surface area (Å²) in [4.78, 5) is 13.0. The largest absolute Gasteiger partial charge is 0.392 e. The normalized spacial score (nSPS) is 29.1. The zero-order valence-corrected chi connectivity index (χ0v) is 27.7. The molecule has 1 aromatic heterocycles. The van der Waals surface area contributed by atoms with Gasteiger partial charge in [0.15, 0.2) is 6.29 Å². The number of urea groups is 1. The number of thioether (sulfide) groups is 1. The highest BCUT2D eigenvalue weighted by Gasteiger charge is 2.51. The van der Waals surface area contributed by atoms with Crippen molar-refractivity contribution in [1.29, 1.82) is 0 Å². The highest BCUT2D eigenvalue weighted by Crippen LogP contribution is 2.55. The number of rotatable bonds is 10. The van der Waals surface area contributed by atoms with Gasteiger partial charge in [-0.15, -0.1) is 5.10 Å². The Bertz CT molecular complexity index is 1660. The number of ether oxygens (including phenoxy) is 2. The van der Waals surface area contributed by atoms with E-state index < -0.39 is 6.29 Å². The number of hydrogen-bond acceptors (Lipinski definition) is 8. The third kappa shape index (κ3) is 6.87. The van der Waals surface area contributed by atoms with Crippen molar-refractivity contribution in [3.8, 4) is 5.69 Å². The Kier molecular flexibility index (Phi) is 8.94. The van der Waals surface area contributed by atoms with Crippen LogP contribution < -0.4 is 10.6 Å². The molecule has 4 aromatic rings. The molecule has 5 aliphatic rings. The number of amides is 2. The SMILES string of the molecule is O=C(NCc1ccc(C2OC(CSc3nnnn3-c3ccccc3)CC(c3ccc(CO)cc3)O2)cc1)NC12CC3CC(CC(C3)C1)C2. The lowest BCUT2D eigenvalue weighted by molar-refractivity contribution is -0.245. The number of nitrogens with zero attached hydrogens (tertiary/aromatic N) is 4. The fraction of sp³-hybridized carbons (Fsp3) is 0.459. The molecule has 1 saturated heterocycles. The van der Waals surface area contributed by atoms with Crippen LogP contribution in [0.25, 0.3) is 5.69 Å². The zero-order valence-electron chi connectivity index (χ0n) is 26.9. The third-order valence-electron chi connectivity index (χ3n) is 10.6. The summed E-state index contributed by atoms with van der Waals surface area (Å²) in [5.74, 6) is 3.01. The predicted octanol–water partition coefficient (Wildman–Crippen LogP) is 6.26. The van der Waals surface area contributed by atoms with E-state index in [1.807, 2.05) is 78.9 Å². The number of benzene rings is 3. The monoisotopic (exact) mass is 666 g/mol. The lowest BCUT2D eigenvalue weighted by Gasteiger charge is -2.56. The Morgan fingerprint density at radius 2 is 1.52 bits per heavy atom. The Balaban J connectivity index is 0.922. The second-order valence-electron chi connectivity index (χ2n) is 14.1. The first-order valence-electron chi connectivity index (χ1n) is 17.1. The number of carbonyl (C=O) groups is 1. The Hall–Kier alpha value is -3.77. The van der Waals surface area contributed by atoms with Crippen molar-refractivity contribution in [1.82, 2.24) is 30.8 Å². The first-order valence-corrected chi connectivity index (χ1v) is 18.1. The lowest BCUT2D eigenvalue weighted by atomic mass is 9.53. The molecule has 1 aliphatic heterocycles. The minimum atomic E-state index is -0.571. The molecule has 3 aromatic carbocycles. The van der Waals surface area contributed by atoms with Gasteiger partial charge < -0.3 is 25.2 Å². The van der Waals surface area contributed by atoms with Gasteiger partial charge in [-0.2, -0.15) is 4.68 Å². The number of nitrogens with one attached hydrogen (secondary N) is 2. The van der Waals surface area contributed by atoms with E-state index in [1.165, 1.54) is 19.3 Å². The van der Waals surface area contributed by atoms with Gasteiger partial charge in [-0.1, -0.05) is 78.5 Å². The van der Waals surface area contributed by atoms with Crippen LogP contribution in [-0.2, 0) is 22.6 Å². The first-order chi connectivity index (χ1) is 23.5. The second kappa shape index (κ2) is 13.6. The second-order valence-corrected chi connectivity index (χ2v) is 15.1. The molecule has 11 heteroatoms. The van der Waals surface area contributed by atoms with Crippen LogP contribution in [0.2, 0.25) is 0 Å². The molecule has 3 unspecified atom stereocenters. The van der Waals surface area contributed by atoms with Gasteiger partial charge in [0, 0.05) is 29.8 Å².